The molecule has 0 fully saturated rings. The summed E-state index contributed by atoms with van der Waals surface area (Å²) in [6, 6.07) is 15.6. The molecule has 3 rings (SSSR count). The van der Waals surface area contributed by atoms with E-state index in [9.17, 15) is 9.59 Å². The third-order valence-electron chi connectivity index (χ3n) is 5.26. The van der Waals surface area contributed by atoms with Gasteiger partial charge in [0.2, 0.25) is 0 Å². The minimum Gasteiger partial charge on any atom is -0.464 e. The number of carbonyl (C=O) groups excluding carboxylic acids is 2. The van der Waals surface area contributed by atoms with Gasteiger partial charge in [0.05, 0.1) is 6.61 Å². The minimum absolute atomic E-state index is 0.250. The molecule has 1 aliphatic heterocycles. The fourth-order valence-corrected chi connectivity index (χ4v) is 3.50. The van der Waals surface area contributed by atoms with E-state index in [-0.39, 0.29) is 12.5 Å². The number of hydrogen-bond donors (Lipinski definition) is 1. The van der Waals surface area contributed by atoms with Gasteiger partial charge in [-0.1, -0.05) is 38.1 Å². The van der Waals surface area contributed by atoms with Crippen molar-refractivity contribution in [3.05, 3.63) is 71.4 Å². The molecule has 0 bridgehead atoms. The molecular formula is C24H28N2O3. The molecule has 1 atom stereocenters. The van der Waals surface area contributed by atoms with Gasteiger partial charge in [-0.15, -0.1) is 0 Å². The lowest BCUT2D eigenvalue weighted by molar-refractivity contribution is -0.147. The highest BCUT2D eigenvalue weighted by atomic mass is 16.5. The van der Waals surface area contributed by atoms with Crippen molar-refractivity contribution in [1.29, 1.82) is 0 Å². The van der Waals surface area contributed by atoms with Gasteiger partial charge in [-0.2, -0.15) is 0 Å². The molecule has 1 aliphatic rings. The summed E-state index contributed by atoms with van der Waals surface area (Å²) in [7, 11) is 0. The second-order valence-electron chi connectivity index (χ2n) is 7.26. The number of aryl methyl sites for hydroxylation is 2. The van der Waals surface area contributed by atoms with Crippen LogP contribution in [0.15, 0.2) is 60.3 Å². The summed E-state index contributed by atoms with van der Waals surface area (Å²) in [5, 5.41) is 3.18. The molecule has 152 valence electrons. The van der Waals surface area contributed by atoms with Gasteiger partial charge < -0.3 is 10.1 Å². The van der Waals surface area contributed by atoms with E-state index >= 15 is 0 Å². The standard InChI is InChI=1S/C24H28N2O3/c1-5-17-8-12-19(13-9-17)25-21-16-24(4,23(28)29-7-3)26(22(21)27)20-14-10-18(6-2)11-15-20/h8-16,25H,5-7H2,1-4H3/t24-/m1/s1. The van der Waals surface area contributed by atoms with Crippen molar-refractivity contribution in [1.82, 2.24) is 0 Å². The van der Waals surface area contributed by atoms with Crippen LogP contribution >= 0.6 is 0 Å². The molecular weight excluding hydrogens is 364 g/mol. The number of anilines is 2. The van der Waals surface area contributed by atoms with Gasteiger partial charge in [0.1, 0.15) is 5.70 Å². The molecule has 29 heavy (non-hydrogen) atoms. The fourth-order valence-electron chi connectivity index (χ4n) is 3.50. The SMILES string of the molecule is CCOC(=O)[C@@]1(C)C=C(Nc2ccc(CC)cc2)C(=O)N1c1ccc(CC)cc1. The first-order valence-corrected chi connectivity index (χ1v) is 10.1. The zero-order chi connectivity index (χ0) is 21.0. The Morgan fingerprint density at radius 3 is 2.03 bits per heavy atom. The second kappa shape index (κ2) is 8.52. The van der Waals surface area contributed by atoms with Crippen LogP contribution in [0.4, 0.5) is 11.4 Å². The van der Waals surface area contributed by atoms with E-state index in [0.29, 0.717) is 11.4 Å². The van der Waals surface area contributed by atoms with Crippen molar-refractivity contribution < 1.29 is 14.3 Å². The molecule has 1 N–H and O–H groups in total. The molecule has 0 saturated heterocycles. The highest BCUT2D eigenvalue weighted by Gasteiger charge is 2.49. The number of esters is 1. The van der Waals surface area contributed by atoms with E-state index in [1.54, 1.807) is 19.9 Å². The Hall–Kier alpha value is -3.08. The summed E-state index contributed by atoms with van der Waals surface area (Å²) >= 11 is 0. The van der Waals surface area contributed by atoms with Crippen molar-refractivity contribution in [2.45, 2.75) is 46.1 Å². The molecule has 2 aromatic rings. The molecule has 1 amide bonds. The van der Waals surface area contributed by atoms with Crippen LogP contribution in [-0.4, -0.2) is 24.0 Å². The highest BCUT2D eigenvalue weighted by Crippen LogP contribution is 2.35. The summed E-state index contributed by atoms with van der Waals surface area (Å²) in [5.41, 5.74) is 3.00. The Morgan fingerprint density at radius 1 is 0.966 bits per heavy atom. The van der Waals surface area contributed by atoms with Crippen molar-refractivity contribution in [3.63, 3.8) is 0 Å². The average molecular weight is 392 g/mol. The Morgan fingerprint density at radius 2 is 1.52 bits per heavy atom. The molecule has 0 unspecified atom stereocenters. The summed E-state index contributed by atoms with van der Waals surface area (Å²) in [6.45, 7) is 7.90. The Labute approximate surface area is 172 Å². The van der Waals surface area contributed by atoms with Gasteiger partial charge in [-0.05, 0) is 68.2 Å². The van der Waals surface area contributed by atoms with E-state index < -0.39 is 11.5 Å². The van der Waals surface area contributed by atoms with Crippen LogP contribution in [0.25, 0.3) is 0 Å². The van der Waals surface area contributed by atoms with Gasteiger partial charge in [-0.3, -0.25) is 9.69 Å². The monoisotopic (exact) mass is 392 g/mol. The Balaban J connectivity index is 1.96. The topological polar surface area (TPSA) is 58.6 Å². The minimum atomic E-state index is -1.22. The fraction of sp³-hybridized carbons (Fsp3) is 0.333. The van der Waals surface area contributed by atoms with Gasteiger partial charge in [0.25, 0.3) is 5.91 Å². The van der Waals surface area contributed by atoms with Crippen molar-refractivity contribution in [2.75, 3.05) is 16.8 Å². The van der Waals surface area contributed by atoms with Crippen LogP contribution in [0.3, 0.4) is 0 Å². The van der Waals surface area contributed by atoms with Gasteiger partial charge >= 0.3 is 5.97 Å². The van der Waals surface area contributed by atoms with Crippen LogP contribution in [0.2, 0.25) is 0 Å². The molecule has 5 nitrogen and oxygen atoms in total. The summed E-state index contributed by atoms with van der Waals surface area (Å²) in [5.74, 6) is -0.713. The number of ether oxygens (including phenoxy) is 1. The third kappa shape index (κ3) is 4.04. The first-order valence-electron chi connectivity index (χ1n) is 10.1. The Kier molecular flexibility index (Phi) is 6.06. The van der Waals surface area contributed by atoms with Gasteiger partial charge in [-0.25, -0.2) is 4.79 Å². The quantitative estimate of drug-likeness (QED) is 0.706. The predicted octanol–water partition coefficient (Wildman–Crippen LogP) is 4.48. The van der Waals surface area contributed by atoms with Crippen LogP contribution in [-0.2, 0) is 27.2 Å². The number of nitrogens with one attached hydrogen (secondary N) is 1. The number of rotatable bonds is 7. The zero-order valence-electron chi connectivity index (χ0n) is 17.5. The number of carbonyl (C=O) groups is 2. The molecule has 0 aromatic heterocycles. The molecule has 0 spiro atoms. The van der Waals surface area contributed by atoms with Crippen molar-refractivity contribution in [2.24, 2.45) is 0 Å². The van der Waals surface area contributed by atoms with Crippen LogP contribution in [0.1, 0.15) is 38.8 Å². The van der Waals surface area contributed by atoms with E-state index in [1.165, 1.54) is 16.0 Å². The van der Waals surface area contributed by atoms with Crippen molar-refractivity contribution >= 4 is 23.3 Å². The average Bonchev–Trinajstić information content (AvgIpc) is 2.99. The summed E-state index contributed by atoms with van der Waals surface area (Å²) < 4.78 is 5.30. The first kappa shape index (κ1) is 20.6. The normalized spacial score (nSPS) is 18.6. The summed E-state index contributed by atoms with van der Waals surface area (Å²) in [4.78, 5) is 27.6. The van der Waals surface area contributed by atoms with Crippen LogP contribution < -0.4 is 10.2 Å². The highest BCUT2D eigenvalue weighted by molar-refractivity contribution is 6.16. The molecule has 5 heteroatoms. The zero-order valence-corrected chi connectivity index (χ0v) is 17.5. The maximum absolute atomic E-state index is 13.3. The lowest BCUT2D eigenvalue weighted by Crippen LogP contribution is -2.51. The summed E-state index contributed by atoms with van der Waals surface area (Å²) in [6.07, 6.45) is 3.52. The Bertz CT molecular complexity index is 916. The largest absolute Gasteiger partial charge is 0.464 e. The molecule has 0 saturated carbocycles. The number of hydrogen-bond acceptors (Lipinski definition) is 4. The number of benzene rings is 2. The van der Waals surface area contributed by atoms with E-state index in [4.69, 9.17) is 4.74 Å². The first-order chi connectivity index (χ1) is 13.9. The maximum Gasteiger partial charge on any atom is 0.336 e. The van der Waals surface area contributed by atoms with Crippen LogP contribution in [0.5, 0.6) is 0 Å². The maximum atomic E-state index is 13.3. The van der Waals surface area contributed by atoms with Gasteiger partial charge in [0.15, 0.2) is 5.54 Å². The third-order valence-corrected chi connectivity index (χ3v) is 5.26. The molecule has 0 aliphatic carbocycles. The van der Waals surface area contributed by atoms with E-state index in [2.05, 4.69) is 19.2 Å². The predicted molar refractivity (Wildman–Crippen MR) is 116 cm³/mol. The number of nitrogens with zero attached hydrogens (tertiary/aromatic N) is 1. The van der Waals surface area contributed by atoms with Crippen LogP contribution in [0, 0.1) is 0 Å². The molecule has 2 aromatic carbocycles. The molecule has 1 heterocycles. The molecule has 0 radical (unpaired) electrons. The van der Waals surface area contributed by atoms with Gasteiger partial charge in [0, 0.05) is 11.4 Å². The van der Waals surface area contributed by atoms with Crippen molar-refractivity contribution in [3.8, 4) is 0 Å². The number of amides is 1. The van der Waals surface area contributed by atoms with E-state index in [0.717, 1.165) is 18.5 Å². The lowest BCUT2D eigenvalue weighted by atomic mass is 10.0. The lowest BCUT2D eigenvalue weighted by Gasteiger charge is -2.32. The second-order valence-corrected chi connectivity index (χ2v) is 7.26. The van der Waals surface area contributed by atoms with E-state index in [1.807, 2.05) is 48.5 Å². The smallest absolute Gasteiger partial charge is 0.336 e.